The SMILES string of the molecule is CCC1(C)NC(=O)N(NC(=O)CN2CCN(C(=O)Cc3ccccc3Cl)CC2)C1=O. The Morgan fingerprint density at radius 2 is 1.83 bits per heavy atom. The molecule has 2 N–H and O–H groups in total. The molecule has 2 fully saturated rings. The topological polar surface area (TPSA) is 102 Å². The Morgan fingerprint density at radius 1 is 1.17 bits per heavy atom. The number of benzene rings is 1. The van der Waals surface area contributed by atoms with E-state index >= 15 is 0 Å². The average molecular weight is 436 g/mol. The summed E-state index contributed by atoms with van der Waals surface area (Å²) in [6.07, 6.45) is 0.663. The standard InChI is InChI=1S/C20H26ClN5O4/c1-3-20(2)18(29)26(19(30)22-20)23-16(27)13-24-8-10-25(11-9-24)17(28)12-14-6-4-5-7-15(14)21/h4-7H,3,8-13H2,1-2H3,(H,22,30)(H,23,27). The third-order valence-corrected chi connectivity index (χ3v) is 5.97. The number of rotatable bonds is 6. The molecule has 0 saturated carbocycles. The van der Waals surface area contributed by atoms with Crippen molar-refractivity contribution >= 4 is 35.4 Å². The summed E-state index contributed by atoms with van der Waals surface area (Å²) in [5.74, 6) is -0.932. The number of piperazine rings is 1. The first-order chi connectivity index (χ1) is 14.2. The third-order valence-electron chi connectivity index (χ3n) is 5.60. The van der Waals surface area contributed by atoms with E-state index in [2.05, 4.69) is 10.7 Å². The molecule has 0 aromatic heterocycles. The van der Waals surface area contributed by atoms with Gasteiger partial charge in [0.1, 0.15) is 5.54 Å². The summed E-state index contributed by atoms with van der Waals surface area (Å²) in [7, 11) is 0. The van der Waals surface area contributed by atoms with Gasteiger partial charge in [-0.1, -0.05) is 36.7 Å². The lowest BCUT2D eigenvalue weighted by molar-refractivity contribution is -0.139. The number of imide groups is 1. The van der Waals surface area contributed by atoms with E-state index in [0.29, 0.717) is 37.6 Å². The fourth-order valence-electron chi connectivity index (χ4n) is 3.46. The molecule has 10 heteroatoms. The number of urea groups is 1. The first-order valence-corrected chi connectivity index (χ1v) is 10.3. The quantitative estimate of drug-likeness (QED) is 0.643. The third kappa shape index (κ3) is 4.73. The highest BCUT2D eigenvalue weighted by atomic mass is 35.5. The van der Waals surface area contributed by atoms with Gasteiger partial charge in [0.15, 0.2) is 0 Å². The van der Waals surface area contributed by atoms with Gasteiger partial charge in [-0.2, -0.15) is 5.01 Å². The summed E-state index contributed by atoms with van der Waals surface area (Å²) >= 11 is 6.13. The Morgan fingerprint density at radius 3 is 2.43 bits per heavy atom. The first kappa shape index (κ1) is 22.0. The second kappa shape index (κ2) is 9.01. The molecule has 2 aliphatic rings. The Bertz CT molecular complexity index is 855. The molecule has 9 nitrogen and oxygen atoms in total. The smallest absolute Gasteiger partial charge is 0.340 e. The van der Waals surface area contributed by atoms with Crippen LogP contribution in [-0.4, -0.2) is 76.8 Å². The van der Waals surface area contributed by atoms with Crippen LogP contribution in [0.2, 0.25) is 5.02 Å². The molecule has 5 amide bonds. The number of carbonyl (C=O) groups is 4. The van der Waals surface area contributed by atoms with Crippen LogP contribution < -0.4 is 10.7 Å². The number of hydrazine groups is 1. The highest BCUT2D eigenvalue weighted by Crippen LogP contribution is 2.19. The van der Waals surface area contributed by atoms with Gasteiger partial charge < -0.3 is 10.2 Å². The van der Waals surface area contributed by atoms with Crippen LogP contribution in [0.3, 0.4) is 0 Å². The highest BCUT2D eigenvalue weighted by Gasteiger charge is 2.47. The van der Waals surface area contributed by atoms with Crippen molar-refractivity contribution in [3.63, 3.8) is 0 Å². The van der Waals surface area contributed by atoms with E-state index in [-0.39, 0.29) is 18.9 Å². The van der Waals surface area contributed by atoms with Gasteiger partial charge in [-0.3, -0.25) is 24.7 Å². The van der Waals surface area contributed by atoms with E-state index < -0.39 is 23.4 Å². The highest BCUT2D eigenvalue weighted by molar-refractivity contribution is 6.31. The molecule has 2 saturated heterocycles. The molecule has 0 spiro atoms. The summed E-state index contributed by atoms with van der Waals surface area (Å²) in [6.45, 7) is 5.48. The Kier molecular flexibility index (Phi) is 6.62. The van der Waals surface area contributed by atoms with Gasteiger partial charge in [-0.15, -0.1) is 0 Å². The lowest BCUT2D eigenvalue weighted by Crippen LogP contribution is -2.54. The maximum atomic E-state index is 12.5. The van der Waals surface area contributed by atoms with Crippen molar-refractivity contribution in [3.05, 3.63) is 34.9 Å². The van der Waals surface area contributed by atoms with Gasteiger partial charge >= 0.3 is 6.03 Å². The van der Waals surface area contributed by atoms with Crippen LogP contribution in [0, 0.1) is 0 Å². The number of nitrogens with zero attached hydrogens (tertiary/aromatic N) is 3. The summed E-state index contributed by atoms with van der Waals surface area (Å²) in [5, 5.41) is 3.90. The maximum Gasteiger partial charge on any atom is 0.344 e. The van der Waals surface area contributed by atoms with Crippen LogP contribution in [0.5, 0.6) is 0 Å². The zero-order valence-electron chi connectivity index (χ0n) is 17.1. The molecule has 162 valence electrons. The van der Waals surface area contributed by atoms with Crippen LogP contribution >= 0.6 is 11.6 Å². The van der Waals surface area contributed by atoms with Crippen molar-refractivity contribution in [2.75, 3.05) is 32.7 Å². The van der Waals surface area contributed by atoms with Crippen molar-refractivity contribution in [2.45, 2.75) is 32.2 Å². The van der Waals surface area contributed by atoms with Crippen LogP contribution in [-0.2, 0) is 20.8 Å². The molecule has 0 radical (unpaired) electrons. The van der Waals surface area contributed by atoms with Crippen molar-refractivity contribution in [3.8, 4) is 0 Å². The minimum atomic E-state index is -1.00. The molecular formula is C20H26ClN5O4. The van der Waals surface area contributed by atoms with Crippen molar-refractivity contribution < 1.29 is 19.2 Å². The summed E-state index contributed by atoms with van der Waals surface area (Å²) in [5.41, 5.74) is 2.17. The maximum absolute atomic E-state index is 12.5. The van der Waals surface area contributed by atoms with Gasteiger partial charge in [0.05, 0.1) is 13.0 Å². The molecule has 1 unspecified atom stereocenters. The zero-order chi connectivity index (χ0) is 21.9. The van der Waals surface area contributed by atoms with Crippen molar-refractivity contribution in [1.82, 2.24) is 25.6 Å². The number of carbonyl (C=O) groups excluding carboxylic acids is 4. The summed E-state index contributed by atoms with van der Waals surface area (Å²) < 4.78 is 0. The minimum absolute atomic E-state index is 0.00890. The van der Waals surface area contributed by atoms with E-state index in [4.69, 9.17) is 11.6 Å². The zero-order valence-corrected chi connectivity index (χ0v) is 17.9. The predicted octanol–water partition coefficient (Wildman–Crippen LogP) is 0.778. The van der Waals surface area contributed by atoms with E-state index in [1.54, 1.807) is 24.8 Å². The molecule has 1 aromatic carbocycles. The fourth-order valence-corrected chi connectivity index (χ4v) is 3.66. The summed E-state index contributed by atoms with van der Waals surface area (Å²) in [6, 6.07) is 6.63. The van der Waals surface area contributed by atoms with E-state index in [9.17, 15) is 19.2 Å². The fraction of sp³-hybridized carbons (Fsp3) is 0.500. The van der Waals surface area contributed by atoms with Crippen LogP contribution in [0.25, 0.3) is 0 Å². The van der Waals surface area contributed by atoms with Gasteiger partial charge in [0.25, 0.3) is 11.8 Å². The van der Waals surface area contributed by atoms with Crippen LogP contribution in [0.4, 0.5) is 4.79 Å². The normalized spacial score (nSPS) is 22.2. The van der Waals surface area contributed by atoms with Crippen LogP contribution in [0.15, 0.2) is 24.3 Å². The lowest BCUT2D eigenvalue weighted by Gasteiger charge is -2.34. The molecule has 30 heavy (non-hydrogen) atoms. The Balaban J connectivity index is 1.46. The van der Waals surface area contributed by atoms with Gasteiger partial charge in [0, 0.05) is 31.2 Å². The Labute approximate surface area is 180 Å². The molecule has 3 rings (SSSR count). The molecule has 0 bridgehead atoms. The van der Waals surface area contributed by atoms with Crippen LogP contribution in [0.1, 0.15) is 25.8 Å². The molecule has 2 aliphatic heterocycles. The molecule has 2 heterocycles. The number of halogens is 1. The minimum Gasteiger partial charge on any atom is -0.340 e. The van der Waals surface area contributed by atoms with E-state index in [0.717, 1.165) is 10.6 Å². The number of amides is 5. The monoisotopic (exact) mass is 435 g/mol. The predicted molar refractivity (Wildman–Crippen MR) is 110 cm³/mol. The summed E-state index contributed by atoms with van der Waals surface area (Å²) in [4.78, 5) is 52.8. The van der Waals surface area contributed by atoms with Crippen molar-refractivity contribution in [2.24, 2.45) is 0 Å². The molecular weight excluding hydrogens is 410 g/mol. The second-order valence-electron chi connectivity index (χ2n) is 7.72. The largest absolute Gasteiger partial charge is 0.344 e. The number of hydrogen-bond donors (Lipinski definition) is 2. The molecule has 1 aromatic rings. The lowest BCUT2D eigenvalue weighted by atomic mass is 10.00. The second-order valence-corrected chi connectivity index (χ2v) is 8.12. The Hall–Kier alpha value is -2.65. The van der Waals surface area contributed by atoms with Gasteiger partial charge in [-0.25, -0.2) is 4.79 Å². The number of nitrogens with one attached hydrogen (secondary N) is 2. The molecule has 1 atom stereocenters. The number of hydrogen-bond acceptors (Lipinski definition) is 5. The average Bonchev–Trinajstić information content (AvgIpc) is 2.93. The van der Waals surface area contributed by atoms with E-state index in [1.165, 1.54) is 0 Å². The first-order valence-electron chi connectivity index (χ1n) is 9.93. The van der Waals surface area contributed by atoms with E-state index in [1.807, 2.05) is 23.1 Å². The van der Waals surface area contributed by atoms with Gasteiger partial charge in [-0.05, 0) is 25.0 Å². The molecule has 0 aliphatic carbocycles. The van der Waals surface area contributed by atoms with Gasteiger partial charge in [0.2, 0.25) is 5.91 Å². The van der Waals surface area contributed by atoms with Crippen molar-refractivity contribution in [1.29, 1.82) is 0 Å².